The predicted molar refractivity (Wildman–Crippen MR) is 66.1 cm³/mol. The third-order valence-corrected chi connectivity index (χ3v) is 2.73. The number of aromatic nitrogens is 1. The number of rotatable bonds is 2. The zero-order chi connectivity index (χ0) is 10.8. The molecule has 0 N–H and O–H groups in total. The molecule has 0 atom stereocenters. The van der Waals surface area contributed by atoms with Gasteiger partial charge >= 0.3 is 0 Å². The second-order valence-electron chi connectivity index (χ2n) is 4.26. The van der Waals surface area contributed by atoms with Crippen molar-refractivity contribution in [1.29, 1.82) is 0 Å². The summed E-state index contributed by atoms with van der Waals surface area (Å²) in [6.45, 7) is 7.40. The molecule has 0 unspecified atom stereocenters. The molecule has 0 aliphatic rings. The first-order chi connectivity index (χ1) is 7.18. The summed E-state index contributed by atoms with van der Waals surface area (Å²) in [5.41, 5.74) is 4.04. The fraction of sp³-hybridized carbons (Fsp3) is 0.286. The average Bonchev–Trinajstić information content (AvgIpc) is 2.59. The van der Waals surface area contributed by atoms with Crippen LogP contribution in [0.2, 0.25) is 0 Å². The molecule has 0 saturated heterocycles. The first-order valence-corrected chi connectivity index (χ1v) is 5.36. The van der Waals surface area contributed by atoms with Gasteiger partial charge in [-0.25, -0.2) is 0 Å². The highest BCUT2D eigenvalue weighted by atomic mass is 14.9. The van der Waals surface area contributed by atoms with Gasteiger partial charge in [0.25, 0.3) is 0 Å². The lowest BCUT2D eigenvalue weighted by atomic mass is 10.1. The number of nitrogens with zero attached hydrogens (tertiary/aromatic N) is 1. The summed E-state index contributed by atoms with van der Waals surface area (Å²) < 4.78 is 2.29. The molecule has 0 aliphatic carbocycles. The second kappa shape index (κ2) is 3.93. The predicted octanol–water partition coefficient (Wildman–Crippen LogP) is 3.92. The molecular formula is C14H17N. The van der Waals surface area contributed by atoms with Gasteiger partial charge in [-0.3, -0.25) is 0 Å². The van der Waals surface area contributed by atoms with Crippen LogP contribution < -0.4 is 0 Å². The molecule has 1 heteroatoms. The number of benzene rings is 1. The van der Waals surface area contributed by atoms with Crippen LogP contribution >= 0.6 is 0 Å². The van der Waals surface area contributed by atoms with Crippen LogP contribution in [0, 0.1) is 6.92 Å². The second-order valence-corrected chi connectivity index (χ2v) is 4.26. The molecule has 1 aromatic heterocycles. The van der Waals surface area contributed by atoms with Gasteiger partial charge in [-0.15, -0.1) is 0 Å². The standard InChI is InChI=1S/C14H17N/c1-11(2)7-9-15-10-8-13-12(3)5-4-6-14(13)15/h4-8,10H,9H2,1-3H3. The SMILES string of the molecule is CC(C)=CCn1ccc2c(C)cccc21. The van der Waals surface area contributed by atoms with Crippen molar-refractivity contribution in [1.82, 2.24) is 4.57 Å². The third-order valence-electron chi connectivity index (χ3n) is 2.73. The summed E-state index contributed by atoms with van der Waals surface area (Å²) in [6.07, 6.45) is 4.42. The van der Waals surface area contributed by atoms with E-state index in [0.717, 1.165) is 6.54 Å². The van der Waals surface area contributed by atoms with Crippen molar-refractivity contribution in [3.8, 4) is 0 Å². The molecule has 0 bridgehead atoms. The van der Waals surface area contributed by atoms with Crippen LogP contribution in [0.5, 0.6) is 0 Å². The molecular weight excluding hydrogens is 182 g/mol. The van der Waals surface area contributed by atoms with E-state index in [1.165, 1.54) is 22.0 Å². The highest BCUT2D eigenvalue weighted by Crippen LogP contribution is 2.19. The summed E-state index contributed by atoms with van der Waals surface area (Å²) in [7, 11) is 0. The Balaban J connectivity index is 2.45. The maximum Gasteiger partial charge on any atom is 0.0485 e. The average molecular weight is 199 g/mol. The Morgan fingerprint density at radius 1 is 1.27 bits per heavy atom. The minimum absolute atomic E-state index is 0.968. The van der Waals surface area contributed by atoms with E-state index in [-0.39, 0.29) is 0 Å². The Bertz CT molecular complexity index is 499. The fourth-order valence-corrected chi connectivity index (χ4v) is 1.82. The van der Waals surface area contributed by atoms with E-state index in [1.807, 2.05) is 0 Å². The molecule has 1 nitrogen and oxygen atoms in total. The third kappa shape index (κ3) is 1.96. The quantitative estimate of drug-likeness (QED) is 0.646. The first-order valence-electron chi connectivity index (χ1n) is 5.36. The van der Waals surface area contributed by atoms with Crippen molar-refractivity contribution in [2.75, 3.05) is 0 Å². The molecule has 0 amide bonds. The Hall–Kier alpha value is -1.50. The number of aryl methyl sites for hydroxylation is 1. The number of fused-ring (bicyclic) bond motifs is 1. The van der Waals surface area contributed by atoms with E-state index >= 15 is 0 Å². The largest absolute Gasteiger partial charge is 0.344 e. The van der Waals surface area contributed by atoms with E-state index < -0.39 is 0 Å². The zero-order valence-electron chi connectivity index (χ0n) is 9.62. The van der Waals surface area contributed by atoms with Crippen LogP contribution in [0.3, 0.4) is 0 Å². The van der Waals surface area contributed by atoms with Gasteiger partial charge in [0.15, 0.2) is 0 Å². The van der Waals surface area contributed by atoms with Gasteiger partial charge in [0.05, 0.1) is 0 Å². The van der Waals surface area contributed by atoms with Crippen molar-refractivity contribution < 1.29 is 0 Å². The monoisotopic (exact) mass is 199 g/mol. The van der Waals surface area contributed by atoms with E-state index in [0.29, 0.717) is 0 Å². The summed E-state index contributed by atoms with van der Waals surface area (Å²) in [5.74, 6) is 0. The van der Waals surface area contributed by atoms with Gasteiger partial charge in [-0.05, 0) is 38.5 Å². The van der Waals surface area contributed by atoms with E-state index in [1.54, 1.807) is 0 Å². The lowest BCUT2D eigenvalue weighted by Crippen LogP contribution is -1.92. The Morgan fingerprint density at radius 2 is 2.07 bits per heavy atom. The lowest BCUT2D eigenvalue weighted by Gasteiger charge is -2.02. The topological polar surface area (TPSA) is 4.93 Å². The van der Waals surface area contributed by atoms with Gasteiger partial charge in [0.2, 0.25) is 0 Å². The molecule has 15 heavy (non-hydrogen) atoms. The van der Waals surface area contributed by atoms with Crippen LogP contribution in [-0.2, 0) is 6.54 Å². The molecule has 78 valence electrons. The van der Waals surface area contributed by atoms with Gasteiger partial charge in [0.1, 0.15) is 0 Å². The van der Waals surface area contributed by atoms with Crippen LogP contribution in [0.15, 0.2) is 42.1 Å². The van der Waals surface area contributed by atoms with Crippen molar-refractivity contribution in [3.05, 3.63) is 47.7 Å². The molecule has 0 radical (unpaired) electrons. The van der Waals surface area contributed by atoms with Crippen LogP contribution in [0.4, 0.5) is 0 Å². The molecule has 0 fully saturated rings. The first kappa shape index (κ1) is 10.0. The number of hydrogen-bond donors (Lipinski definition) is 0. The molecule has 1 heterocycles. The van der Waals surface area contributed by atoms with Gasteiger partial charge in [-0.1, -0.05) is 23.8 Å². The molecule has 0 aliphatic heterocycles. The van der Waals surface area contributed by atoms with Crippen LogP contribution in [-0.4, -0.2) is 4.57 Å². The summed E-state index contributed by atoms with van der Waals surface area (Å²) in [4.78, 5) is 0. The smallest absolute Gasteiger partial charge is 0.0485 e. The highest BCUT2D eigenvalue weighted by Gasteiger charge is 2.00. The molecule has 2 rings (SSSR count). The fourth-order valence-electron chi connectivity index (χ4n) is 1.82. The van der Waals surface area contributed by atoms with Gasteiger partial charge < -0.3 is 4.57 Å². The number of hydrogen-bond acceptors (Lipinski definition) is 0. The van der Waals surface area contributed by atoms with E-state index in [4.69, 9.17) is 0 Å². The Morgan fingerprint density at radius 3 is 2.80 bits per heavy atom. The normalized spacial score (nSPS) is 10.6. The minimum atomic E-state index is 0.968. The van der Waals surface area contributed by atoms with Crippen molar-refractivity contribution in [2.45, 2.75) is 27.3 Å². The summed E-state index contributed by atoms with van der Waals surface area (Å²) in [5, 5.41) is 1.36. The van der Waals surface area contributed by atoms with Gasteiger partial charge in [0, 0.05) is 23.6 Å². The van der Waals surface area contributed by atoms with Crippen molar-refractivity contribution >= 4 is 10.9 Å². The van der Waals surface area contributed by atoms with Crippen molar-refractivity contribution in [3.63, 3.8) is 0 Å². The zero-order valence-corrected chi connectivity index (χ0v) is 9.62. The lowest BCUT2D eigenvalue weighted by molar-refractivity contribution is 0.856. The highest BCUT2D eigenvalue weighted by molar-refractivity contribution is 5.83. The number of allylic oxidation sites excluding steroid dienone is 2. The van der Waals surface area contributed by atoms with Crippen LogP contribution in [0.1, 0.15) is 19.4 Å². The maximum absolute atomic E-state index is 2.29. The van der Waals surface area contributed by atoms with E-state index in [9.17, 15) is 0 Å². The molecule has 1 aromatic carbocycles. The Kier molecular flexibility index (Phi) is 2.63. The van der Waals surface area contributed by atoms with E-state index in [2.05, 4.69) is 61.9 Å². The van der Waals surface area contributed by atoms with Crippen molar-refractivity contribution in [2.24, 2.45) is 0 Å². The van der Waals surface area contributed by atoms with Crippen LogP contribution in [0.25, 0.3) is 10.9 Å². The molecule has 2 aromatic rings. The molecule has 0 spiro atoms. The summed E-state index contributed by atoms with van der Waals surface area (Å²) in [6, 6.07) is 8.66. The van der Waals surface area contributed by atoms with Gasteiger partial charge in [-0.2, -0.15) is 0 Å². The Labute approximate surface area is 91.0 Å². The minimum Gasteiger partial charge on any atom is -0.344 e. The molecule has 0 saturated carbocycles. The maximum atomic E-state index is 2.29. The summed E-state index contributed by atoms with van der Waals surface area (Å²) >= 11 is 0.